The van der Waals surface area contributed by atoms with Crippen LogP contribution in [0.2, 0.25) is 0 Å². The first kappa shape index (κ1) is 15.3. The molecule has 8 heteroatoms. The van der Waals surface area contributed by atoms with Crippen LogP contribution in [0.15, 0.2) is 9.90 Å². The molecule has 23 heavy (non-hydrogen) atoms. The highest BCUT2D eigenvalue weighted by Crippen LogP contribution is 2.36. The minimum absolute atomic E-state index is 0.121. The summed E-state index contributed by atoms with van der Waals surface area (Å²) in [5, 5.41) is 7.10. The summed E-state index contributed by atoms with van der Waals surface area (Å²) in [6, 6.07) is 0. The van der Waals surface area contributed by atoms with Crippen LogP contribution in [0.3, 0.4) is 0 Å². The molecule has 1 unspecified atom stereocenters. The lowest BCUT2D eigenvalue weighted by Crippen LogP contribution is -2.05. The van der Waals surface area contributed by atoms with Gasteiger partial charge in [0.1, 0.15) is 5.69 Å². The molecule has 1 atom stereocenters. The molecule has 2 aromatic rings. The third-order valence-electron chi connectivity index (χ3n) is 4.73. The van der Waals surface area contributed by atoms with Crippen LogP contribution in [0.4, 0.5) is 0 Å². The van der Waals surface area contributed by atoms with E-state index in [-0.39, 0.29) is 17.4 Å². The van der Waals surface area contributed by atoms with Crippen LogP contribution < -0.4 is 0 Å². The van der Waals surface area contributed by atoms with Crippen molar-refractivity contribution in [3.05, 3.63) is 16.2 Å². The molecule has 0 radical (unpaired) electrons. The van der Waals surface area contributed by atoms with E-state index in [0.29, 0.717) is 24.1 Å². The predicted octanol–water partition coefficient (Wildman–Crippen LogP) is 3.14. The second-order valence-corrected chi connectivity index (χ2v) is 9.58. The number of hydrogen-bond donors (Lipinski definition) is 0. The molecule has 1 saturated carbocycles. The van der Waals surface area contributed by atoms with Crippen LogP contribution in [0, 0.1) is 0 Å². The Bertz CT molecular complexity index is 791. The quantitative estimate of drug-likeness (QED) is 0.842. The molecule has 1 aliphatic carbocycles. The lowest BCUT2D eigenvalue weighted by molar-refractivity contribution is 0.416. The number of sulfone groups is 1. The molecule has 1 saturated heterocycles. The average molecular weight is 353 g/mol. The Kier molecular flexibility index (Phi) is 3.96. The molecule has 2 aromatic heterocycles. The fourth-order valence-corrected chi connectivity index (χ4v) is 6.13. The SMILES string of the molecule is O=S1(=O)CCC(c2noc(-c3csc(C4CCCCC4)n3)n2)C1. The first-order valence-corrected chi connectivity index (χ1v) is 10.8. The maximum atomic E-state index is 11.6. The molecule has 6 nitrogen and oxygen atoms in total. The van der Waals surface area contributed by atoms with Crippen molar-refractivity contribution in [2.75, 3.05) is 11.5 Å². The first-order chi connectivity index (χ1) is 11.1. The fourth-order valence-electron chi connectivity index (χ4n) is 3.43. The van der Waals surface area contributed by atoms with E-state index in [2.05, 4.69) is 15.1 Å². The van der Waals surface area contributed by atoms with Gasteiger partial charge in [-0.15, -0.1) is 11.3 Å². The lowest BCUT2D eigenvalue weighted by atomic mass is 9.90. The van der Waals surface area contributed by atoms with Crippen molar-refractivity contribution in [3.8, 4) is 11.6 Å². The topological polar surface area (TPSA) is 86.0 Å². The summed E-state index contributed by atoms with van der Waals surface area (Å²) in [5.74, 6) is 1.65. The summed E-state index contributed by atoms with van der Waals surface area (Å²) in [5.41, 5.74) is 0.718. The summed E-state index contributed by atoms with van der Waals surface area (Å²) in [7, 11) is -2.94. The highest BCUT2D eigenvalue weighted by molar-refractivity contribution is 7.91. The molecule has 2 aliphatic rings. The van der Waals surface area contributed by atoms with Gasteiger partial charge in [-0.3, -0.25) is 0 Å². The van der Waals surface area contributed by atoms with E-state index in [1.54, 1.807) is 11.3 Å². The zero-order valence-electron chi connectivity index (χ0n) is 12.8. The Morgan fingerprint density at radius 2 is 1.91 bits per heavy atom. The zero-order chi connectivity index (χ0) is 15.9. The van der Waals surface area contributed by atoms with E-state index in [0.717, 1.165) is 10.7 Å². The molecule has 0 amide bonds. The Balaban J connectivity index is 1.52. The average Bonchev–Trinajstić information content (AvgIpc) is 3.25. The maximum Gasteiger partial charge on any atom is 0.277 e. The number of hydrogen-bond acceptors (Lipinski definition) is 7. The fraction of sp³-hybridized carbons (Fsp3) is 0.667. The van der Waals surface area contributed by atoms with Gasteiger partial charge in [0.2, 0.25) is 0 Å². The minimum atomic E-state index is -2.94. The van der Waals surface area contributed by atoms with Crippen molar-refractivity contribution in [2.24, 2.45) is 0 Å². The van der Waals surface area contributed by atoms with Gasteiger partial charge in [0.15, 0.2) is 15.7 Å². The normalized spacial score (nSPS) is 25.0. The molecule has 124 valence electrons. The van der Waals surface area contributed by atoms with Crippen LogP contribution in [-0.2, 0) is 9.84 Å². The highest BCUT2D eigenvalue weighted by atomic mass is 32.2. The molecule has 0 N–H and O–H groups in total. The van der Waals surface area contributed by atoms with Crippen LogP contribution >= 0.6 is 11.3 Å². The highest BCUT2D eigenvalue weighted by Gasteiger charge is 2.32. The second-order valence-electron chi connectivity index (χ2n) is 6.46. The molecular formula is C15H19N3O3S2. The van der Waals surface area contributed by atoms with Gasteiger partial charge in [-0.25, -0.2) is 13.4 Å². The maximum absolute atomic E-state index is 11.6. The summed E-state index contributed by atoms with van der Waals surface area (Å²) in [6.45, 7) is 0. The molecule has 2 fully saturated rings. The van der Waals surface area contributed by atoms with E-state index in [1.807, 2.05) is 5.38 Å². The molecule has 0 spiro atoms. The van der Waals surface area contributed by atoms with Gasteiger partial charge in [0, 0.05) is 17.2 Å². The van der Waals surface area contributed by atoms with E-state index in [1.165, 1.54) is 32.1 Å². The first-order valence-electron chi connectivity index (χ1n) is 8.10. The van der Waals surface area contributed by atoms with Crippen molar-refractivity contribution >= 4 is 21.2 Å². The number of aromatic nitrogens is 3. The summed E-state index contributed by atoms with van der Waals surface area (Å²) >= 11 is 1.66. The van der Waals surface area contributed by atoms with Gasteiger partial charge >= 0.3 is 0 Å². The van der Waals surface area contributed by atoms with Crippen molar-refractivity contribution in [1.29, 1.82) is 0 Å². The van der Waals surface area contributed by atoms with Crippen LogP contribution in [0.1, 0.15) is 61.2 Å². The number of thiazole rings is 1. The zero-order valence-corrected chi connectivity index (χ0v) is 14.4. The molecule has 3 heterocycles. The van der Waals surface area contributed by atoms with Gasteiger partial charge < -0.3 is 4.52 Å². The Labute approximate surface area is 139 Å². The molecule has 0 aromatic carbocycles. The van der Waals surface area contributed by atoms with Gasteiger partial charge in [0.05, 0.1) is 16.5 Å². The van der Waals surface area contributed by atoms with Gasteiger partial charge in [-0.2, -0.15) is 4.98 Å². The Morgan fingerprint density at radius 1 is 1.09 bits per heavy atom. The van der Waals surface area contributed by atoms with Gasteiger partial charge in [-0.05, 0) is 19.3 Å². The monoisotopic (exact) mass is 353 g/mol. The van der Waals surface area contributed by atoms with Crippen LogP contribution in [0.5, 0.6) is 0 Å². The van der Waals surface area contributed by atoms with Crippen molar-refractivity contribution in [3.63, 3.8) is 0 Å². The van der Waals surface area contributed by atoms with Crippen molar-refractivity contribution < 1.29 is 12.9 Å². The number of nitrogens with zero attached hydrogens (tertiary/aromatic N) is 3. The van der Waals surface area contributed by atoms with Crippen molar-refractivity contribution in [2.45, 2.75) is 50.4 Å². The third-order valence-corrected chi connectivity index (χ3v) is 7.51. The summed E-state index contributed by atoms with van der Waals surface area (Å²) < 4.78 is 28.5. The molecule has 1 aliphatic heterocycles. The Hall–Kier alpha value is -1.28. The molecular weight excluding hydrogens is 334 g/mol. The molecule has 0 bridgehead atoms. The van der Waals surface area contributed by atoms with Gasteiger partial charge in [-0.1, -0.05) is 24.4 Å². The predicted molar refractivity (Wildman–Crippen MR) is 87.2 cm³/mol. The summed E-state index contributed by atoms with van der Waals surface area (Å²) in [4.78, 5) is 9.07. The molecule has 4 rings (SSSR count). The van der Waals surface area contributed by atoms with Crippen LogP contribution in [-0.4, -0.2) is 35.0 Å². The van der Waals surface area contributed by atoms with Crippen molar-refractivity contribution in [1.82, 2.24) is 15.1 Å². The minimum Gasteiger partial charge on any atom is -0.332 e. The van der Waals surface area contributed by atoms with E-state index in [4.69, 9.17) is 4.52 Å². The largest absolute Gasteiger partial charge is 0.332 e. The second kappa shape index (κ2) is 5.98. The van der Waals surface area contributed by atoms with E-state index < -0.39 is 9.84 Å². The third kappa shape index (κ3) is 3.19. The number of rotatable bonds is 3. The summed E-state index contributed by atoms with van der Waals surface area (Å²) in [6.07, 6.45) is 6.88. The smallest absolute Gasteiger partial charge is 0.277 e. The van der Waals surface area contributed by atoms with Crippen LogP contribution in [0.25, 0.3) is 11.6 Å². The van der Waals surface area contributed by atoms with Gasteiger partial charge in [0.25, 0.3) is 5.89 Å². The van der Waals surface area contributed by atoms with E-state index >= 15 is 0 Å². The van der Waals surface area contributed by atoms with E-state index in [9.17, 15) is 8.42 Å². The standard InChI is InChI=1S/C15H19N3O3S2/c19-23(20)7-6-11(9-23)13-17-14(21-18-13)12-8-22-15(16-12)10-4-2-1-3-5-10/h8,10-11H,1-7,9H2. The Morgan fingerprint density at radius 3 is 2.65 bits per heavy atom. The lowest BCUT2D eigenvalue weighted by Gasteiger charge is -2.18.